The van der Waals surface area contributed by atoms with E-state index in [1.54, 1.807) is 11.3 Å². The average Bonchev–Trinajstić information content (AvgIpc) is 2.73. The smallest absolute Gasteiger partial charge is 0.166 e. The summed E-state index contributed by atoms with van der Waals surface area (Å²) in [4.78, 5) is 0. The van der Waals surface area contributed by atoms with E-state index in [2.05, 4.69) is 46.4 Å². The zero-order valence-corrected chi connectivity index (χ0v) is 11.4. The zero-order valence-electron chi connectivity index (χ0n) is 9.69. The Hall–Kier alpha value is -1.40. The third kappa shape index (κ3) is 4.94. The summed E-state index contributed by atoms with van der Waals surface area (Å²) in [7, 11) is -10.7. The summed E-state index contributed by atoms with van der Waals surface area (Å²) in [6.07, 6.45) is 4.18. The number of thiophene rings is 1. The van der Waals surface area contributed by atoms with Gasteiger partial charge in [0.25, 0.3) is 0 Å². The van der Waals surface area contributed by atoms with Gasteiger partial charge in [-0.3, -0.25) is 0 Å². The minimum absolute atomic E-state index is 1.29. The average molecular weight is 331 g/mol. The predicted molar refractivity (Wildman–Crippen MR) is 68.6 cm³/mol. The second-order valence-corrected chi connectivity index (χ2v) is 6.81. The van der Waals surface area contributed by atoms with Crippen molar-refractivity contribution >= 4 is 34.7 Å². The molecule has 0 bridgehead atoms. The predicted octanol–water partition coefficient (Wildman–Crippen LogP) is 6.02. The molecule has 0 aliphatic rings. The third-order valence-electron chi connectivity index (χ3n) is 2.23. The van der Waals surface area contributed by atoms with Crippen molar-refractivity contribution in [3.63, 3.8) is 0 Å². The first kappa shape index (κ1) is 15.0. The van der Waals surface area contributed by atoms with Crippen LogP contribution in [0, 0.1) is 0 Å². The van der Waals surface area contributed by atoms with Crippen molar-refractivity contribution in [2.45, 2.75) is 0 Å². The van der Waals surface area contributed by atoms with Crippen molar-refractivity contribution in [1.29, 1.82) is 0 Å². The van der Waals surface area contributed by atoms with Gasteiger partial charge in [-0.05, 0) is 17.5 Å². The Kier molecular flexibility index (Phi) is 3.04. The Morgan fingerprint density at radius 1 is 0.850 bits per heavy atom. The maximum Gasteiger partial charge on any atom is 0.228 e. The van der Waals surface area contributed by atoms with Gasteiger partial charge in [0.05, 0.1) is 0 Å². The summed E-state index contributed by atoms with van der Waals surface area (Å²) in [6, 6.07) is 10.6. The summed E-state index contributed by atoms with van der Waals surface area (Å²) in [5.74, 6) is 0. The molecule has 0 fully saturated rings. The fraction of sp³-hybridized carbons (Fsp3) is 0. The maximum atomic E-state index is 9.87. The Morgan fingerprint density at radius 2 is 1.50 bits per heavy atom. The molecule has 0 aliphatic heterocycles. The largest absolute Gasteiger partial charge is 0.228 e. The van der Waals surface area contributed by atoms with Crippen LogP contribution in [0.5, 0.6) is 0 Å². The van der Waals surface area contributed by atoms with Crippen LogP contribution in [0.25, 0.3) is 15.6 Å². The molecular formula is C11H8F6NPS. The van der Waals surface area contributed by atoms with E-state index in [1.165, 1.54) is 15.6 Å². The first-order valence-electron chi connectivity index (χ1n) is 5.23. The van der Waals surface area contributed by atoms with E-state index in [4.69, 9.17) is 0 Å². The van der Waals surface area contributed by atoms with Crippen molar-refractivity contribution in [3.05, 3.63) is 48.1 Å². The Morgan fingerprint density at radius 3 is 2.15 bits per heavy atom. The summed E-state index contributed by atoms with van der Waals surface area (Å²) in [5.41, 5.74) is 1.29. The van der Waals surface area contributed by atoms with Gasteiger partial charge >= 0.3 is 33.0 Å². The molecule has 0 N–H and O–H groups in total. The molecule has 3 aromatic heterocycles. The normalized spacial score (nSPS) is 15.3. The van der Waals surface area contributed by atoms with Gasteiger partial charge in [-0.2, -0.15) is 4.40 Å². The van der Waals surface area contributed by atoms with E-state index < -0.39 is 7.81 Å². The van der Waals surface area contributed by atoms with Gasteiger partial charge in [0, 0.05) is 23.6 Å². The molecule has 0 atom stereocenters. The Bertz CT molecular complexity index is 753. The van der Waals surface area contributed by atoms with Crippen LogP contribution < -0.4 is 4.40 Å². The number of pyridine rings is 2. The molecule has 3 rings (SSSR count). The van der Waals surface area contributed by atoms with Gasteiger partial charge in [-0.15, -0.1) is 11.3 Å². The second kappa shape index (κ2) is 4.05. The number of hydrogen-bond donors (Lipinski definition) is 0. The number of nitrogens with zero attached hydrogens (tertiary/aromatic N) is 1. The molecule has 0 unspecified atom stereocenters. The molecule has 3 heterocycles. The topological polar surface area (TPSA) is 4.10 Å². The van der Waals surface area contributed by atoms with Crippen molar-refractivity contribution in [3.8, 4) is 0 Å². The first-order chi connectivity index (χ1) is 8.90. The molecule has 0 saturated heterocycles. The number of fused-ring (bicyclic) bond motifs is 3. The molecule has 1 nitrogen and oxygen atoms in total. The fourth-order valence-corrected chi connectivity index (χ4v) is 2.51. The molecule has 0 radical (unpaired) electrons. The van der Waals surface area contributed by atoms with Gasteiger partial charge in [0.1, 0.15) is 4.70 Å². The monoisotopic (exact) mass is 331 g/mol. The van der Waals surface area contributed by atoms with Crippen LogP contribution in [0.1, 0.15) is 0 Å². The fourth-order valence-electron chi connectivity index (χ4n) is 1.60. The molecule has 110 valence electrons. The first-order valence-corrected chi connectivity index (χ1v) is 8.13. The van der Waals surface area contributed by atoms with Gasteiger partial charge < -0.3 is 0 Å². The number of rotatable bonds is 0. The van der Waals surface area contributed by atoms with Gasteiger partial charge in [-0.25, -0.2) is 0 Å². The number of halogens is 6. The minimum Gasteiger partial charge on any atom is -0.166 e. The van der Waals surface area contributed by atoms with E-state index in [9.17, 15) is 25.2 Å². The van der Waals surface area contributed by atoms with Crippen LogP contribution in [-0.4, -0.2) is 0 Å². The zero-order chi connectivity index (χ0) is 15.1. The summed E-state index contributed by atoms with van der Waals surface area (Å²) < 4.78 is 62.7. The molecular weight excluding hydrogens is 323 g/mol. The van der Waals surface area contributed by atoms with Crippen LogP contribution in [0.15, 0.2) is 48.1 Å². The minimum atomic E-state index is -10.7. The molecule has 20 heavy (non-hydrogen) atoms. The van der Waals surface area contributed by atoms with E-state index in [0.29, 0.717) is 0 Å². The maximum absolute atomic E-state index is 10.7. The van der Waals surface area contributed by atoms with E-state index >= 15 is 0 Å². The van der Waals surface area contributed by atoms with Crippen LogP contribution in [0.4, 0.5) is 25.2 Å². The second-order valence-electron chi connectivity index (χ2n) is 3.97. The quantitative estimate of drug-likeness (QED) is 0.269. The molecule has 0 spiro atoms. The summed E-state index contributed by atoms with van der Waals surface area (Å²) in [5, 5.41) is 3.47. The van der Waals surface area contributed by atoms with E-state index in [0.717, 1.165) is 0 Å². The molecule has 0 amide bonds. The molecule has 9 heteroatoms. The third-order valence-corrected chi connectivity index (χ3v) is 3.19. The van der Waals surface area contributed by atoms with Crippen molar-refractivity contribution < 1.29 is 29.6 Å². The number of aromatic nitrogens is 1. The summed E-state index contributed by atoms with van der Waals surface area (Å²) in [6.45, 7) is 0. The Balaban J connectivity index is 0.000000182. The number of hydrogen-bond acceptors (Lipinski definition) is 1. The molecule has 0 aromatic carbocycles. The van der Waals surface area contributed by atoms with Crippen molar-refractivity contribution in [2.75, 3.05) is 0 Å². The van der Waals surface area contributed by atoms with Crippen LogP contribution in [0.3, 0.4) is 0 Å². The van der Waals surface area contributed by atoms with Gasteiger partial charge in [0.2, 0.25) is 5.52 Å². The molecule has 0 saturated carbocycles. The Labute approximate surface area is 113 Å². The van der Waals surface area contributed by atoms with Crippen LogP contribution >= 0.6 is 19.1 Å². The molecule has 3 aromatic rings. The standard InChI is InChI=1S/C11H8NS.F6P/c1-2-6-12-7-4-9-5-8-13-11(9)10(12)3-1;1-7(2,3,4,5)6/h1-8H;/q+1;-1. The van der Waals surface area contributed by atoms with Crippen LogP contribution in [0.2, 0.25) is 0 Å². The molecule has 0 aliphatic carbocycles. The van der Waals surface area contributed by atoms with Crippen LogP contribution in [-0.2, 0) is 0 Å². The SMILES string of the molecule is F[P-](F)(F)(F)(F)F.c1cc[n+]2ccc3ccsc3c2c1. The van der Waals surface area contributed by atoms with E-state index in [-0.39, 0.29) is 0 Å². The van der Waals surface area contributed by atoms with E-state index in [1.807, 2.05) is 6.07 Å². The van der Waals surface area contributed by atoms with Gasteiger partial charge in [-0.1, -0.05) is 0 Å². The van der Waals surface area contributed by atoms with Crippen molar-refractivity contribution in [1.82, 2.24) is 0 Å². The summed E-state index contributed by atoms with van der Waals surface area (Å²) >= 11 is 1.80. The van der Waals surface area contributed by atoms with Crippen molar-refractivity contribution in [2.24, 2.45) is 0 Å². The van der Waals surface area contributed by atoms with Gasteiger partial charge in [0.15, 0.2) is 12.4 Å².